The fourth-order valence-electron chi connectivity index (χ4n) is 3.71. The van der Waals surface area contributed by atoms with Crippen LogP contribution < -0.4 is 5.73 Å². The summed E-state index contributed by atoms with van der Waals surface area (Å²) in [6.45, 7) is 2.10. The normalized spacial score (nSPS) is 26.8. The Morgan fingerprint density at radius 1 is 1.24 bits per heavy atom. The van der Waals surface area contributed by atoms with Crippen LogP contribution in [-0.2, 0) is 10.0 Å². The molecule has 1 heterocycles. The molecule has 2 fully saturated rings. The molecule has 2 atom stereocenters. The Labute approximate surface area is 125 Å². The predicted molar refractivity (Wildman–Crippen MR) is 79.8 cm³/mol. The van der Waals surface area contributed by atoms with Crippen molar-refractivity contribution in [3.8, 4) is 0 Å². The van der Waals surface area contributed by atoms with Gasteiger partial charge in [-0.1, -0.05) is 12.8 Å². The largest absolute Gasteiger partial charge is 0.396 e. The molecule has 2 unspecified atom stereocenters. The second kappa shape index (κ2) is 5.25. The molecule has 0 amide bonds. The van der Waals surface area contributed by atoms with E-state index in [2.05, 4.69) is 0 Å². The van der Waals surface area contributed by atoms with E-state index >= 15 is 0 Å². The van der Waals surface area contributed by atoms with Gasteiger partial charge in [0.1, 0.15) is 5.82 Å². The summed E-state index contributed by atoms with van der Waals surface area (Å²) in [5.41, 5.74) is 5.76. The van der Waals surface area contributed by atoms with E-state index < -0.39 is 15.8 Å². The van der Waals surface area contributed by atoms with Crippen LogP contribution in [0.4, 0.5) is 10.1 Å². The minimum Gasteiger partial charge on any atom is -0.396 e. The number of nitrogen functional groups attached to an aromatic ring is 1. The first-order chi connectivity index (χ1) is 9.91. The summed E-state index contributed by atoms with van der Waals surface area (Å²) in [6.07, 6.45) is 5.25. The Bertz CT molecular complexity index is 637. The highest BCUT2D eigenvalue weighted by atomic mass is 32.2. The monoisotopic (exact) mass is 312 g/mol. The number of fused-ring (bicyclic) bond motifs is 1. The number of halogens is 1. The summed E-state index contributed by atoms with van der Waals surface area (Å²) in [4.78, 5) is 0.116. The van der Waals surface area contributed by atoms with Crippen molar-refractivity contribution in [1.82, 2.24) is 4.31 Å². The highest BCUT2D eigenvalue weighted by Crippen LogP contribution is 2.39. The predicted octanol–water partition coefficient (Wildman–Crippen LogP) is 2.67. The second-order valence-electron chi connectivity index (χ2n) is 6.16. The van der Waals surface area contributed by atoms with Crippen LogP contribution >= 0.6 is 0 Å². The number of benzene rings is 1. The van der Waals surface area contributed by atoms with Gasteiger partial charge in [-0.3, -0.25) is 0 Å². The van der Waals surface area contributed by atoms with Gasteiger partial charge >= 0.3 is 0 Å². The van der Waals surface area contributed by atoms with Gasteiger partial charge < -0.3 is 5.73 Å². The van der Waals surface area contributed by atoms with E-state index in [1.807, 2.05) is 0 Å². The highest BCUT2D eigenvalue weighted by Gasteiger charge is 2.42. The first-order valence-corrected chi connectivity index (χ1v) is 8.92. The van der Waals surface area contributed by atoms with Crippen molar-refractivity contribution in [3.05, 3.63) is 23.5 Å². The molecule has 1 saturated heterocycles. The van der Waals surface area contributed by atoms with Gasteiger partial charge in [0.15, 0.2) is 0 Å². The van der Waals surface area contributed by atoms with Crippen LogP contribution in [0, 0.1) is 18.7 Å². The number of hydrogen-bond donors (Lipinski definition) is 1. The van der Waals surface area contributed by atoms with E-state index in [4.69, 9.17) is 5.73 Å². The fraction of sp³-hybridized carbons (Fsp3) is 0.600. The van der Waals surface area contributed by atoms with Crippen LogP contribution in [-0.4, -0.2) is 25.3 Å². The molecule has 1 aliphatic heterocycles. The lowest BCUT2D eigenvalue weighted by Gasteiger charge is -2.31. The first kappa shape index (κ1) is 14.8. The molecule has 1 aromatic carbocycles. The van der Waals surface area contributed by atoms with Gasteiger partial charge in [-0.15, -0.1) is 0 Å². The molecule has 6 heteroatoms. The van der Waals surface area contributed by atoms with Crippen molar-refractivity contribution in [3.63, 3.8) is 0 Å². The average Bonchev–Trinajstić information content (AvgIpc) is 2.88. The zero-order chi connectivity index (χ0) is 15.2. The number of aryl methyl sites for hydroxylation is 1. The summed E-state index contributed by atoms with van der Waals surface area (Å²) in [7, 11) is -3.58. The maximum Gasteiger partial charge on any atom is 0.243 e. The zero-order valence-electron chi connectivity index (χ0n) is 12.2. The number of sulfonamides is 1. The number of nitrogens with two attached hydrogens (primary N) is 1. The third kappa shape index (κ3) is 2.44. The Morgan fingerprint density at radius 2 is 1.95 bits per heavy atom. The van der Waals surface area contributed by atoms with Gasteiger partial charge in [-0.25, -0.2) is 12.8 Å². The van der Waals surface area contributed by atoms with E-state index in [0.717, 1.165) is 25.7 Å². The van der Waals surface area contributed by atoms with Gasteiger partial charge in [-0.2, -0.15) is 4.31 Å². The number of nitrogens with zero attached hydrogens (tertiary/aromatic N) is 1. The SMILES string of the molecule is Cc1cc(S(=O)(=O)N2CCC3CCCCC32)cc(N)c1F. The lowest BCUT2D eigenvalue weighted by atomic mass is 9.86. The lowest BCUT2D eigenvalue weighted by Crippen LogP contribution is -2.39. The summed E-state index contributed by atoms with van der Waals surface area (Å²) in [6, 6.07) is 2.74. The van der Waals surface area contributed by atoms with E-state index in [0.29, 0.717) is 12.5 Å². The molecular weight excluding hydrogens is 291 g/mol. The molecule has 2 N–H and O–H groups in total. The van der Waals surface area contributed by atoms with Crippen molar-refractivity contribution in [2.24, 2.45) is 5.92 Å². The summed E-state index contributed by atoms with van der Waals surface area (Å²) in [5.74, 6) is -0.0571. The van der Waals surface area contributed by atoms with Crippen molar-refractivity contribution in [2.75, 3.05) is 12.3 Å². The van der Waals surface area contributed by atoms with Gasteiger partial charge in [0, 0.05) is 12.6 Å². The molecule has 2 aliphatic rings. The lowest BCUT2D eigenvalue weighted by molar-refractivity contribution is 0.260. The van der Waals surface area contributed by atoms with Gasteiger partial charge in [0.25, 0.3) is 0 Å². The number of hydrogen-bond acceptors (Lipinski definition) is 3. The Morgan fingerprint density at radius 3 is 2.67 bits per heavy atom. The van der Waals surface area contributed by atoms with Gasteiger partial charge in [0.2, 0.25) is 10.0 Å². The molecule has 0 bridgehead atoms. The molecular formula is C15H21FN2O2S. The number of rotatable bonds is 2. The van der Waals surface area contributed by atoms with E-state index in [1.54, 1.807) is 4.31 Å². The van der Waals surface area contributed by atoms with Gasteiger partial charge in [-0.05, 0) is 49.8 Å². The quantitative estimate of drug-likeness (QED) is 0.854. The van der Waals surface area contributed by atoms with E-state index in [9.17, 15) is 12.8 Å². The van der Waals surface area contributed by atoms with E-state index in [1.165, 1.54) is 25.5 Å². The third-order valence-electron chi connectivity index (χ3n) is 4.82. The topological polar surface area (TPSA) is 63.4 Å². The van der Waals surface area contributed by atoms with Crippen LogP contribution in [0.15, 0.2) is 17.0 Å². The maximum absolute atomic E-state index is 13.6. The Hall–Kier alpha value is -1.14. The highest BCUT2D eigenvalue weighted by molar-refractivity contribution is 7.89. The van der Waals surface area contributed by atoms with Crippen LogP contribution in [0.25, 0.3) is 0 Å². The van der Waals surface area contributed by atoms with Crippen molar-refractivity contribution < 1.29 is 12.8 Å². The molecule has 4 nitrogen and oxygen atoms in total. The molecule has 1 aliphatic carbocycles. The number of anilines is 1. The van der Waals surface area contributed by atoms with E-state index in [-0.39, 0.29) is 22.2 Å². The molecule has 1 aromatic rings. The van der Waals surface area contributed by atoms with Crippen LogP contribution in [0.5, 0.6) is 0 Å². The maximum atomic E-state index is 13.6. The molecule has 0 radical (unpaired) electrons. The fourth-order valence-corrected chi connectivity index (χ4v) is 5.56. The summed E-state index contributed by atoms with van der Waals surface area (Å²) in [5, 5.41) is 0. The molecule has 3 rings (SSSR count). The zero-order valence-corrected chi connectivity index (χ0v) is 13.0. The third-order valence-corrected chi connectivity index (χ3v) is 6.72. The van der Waals surface area contributed by atoms with Gasteiger partial charge in [0.05, 0.1) is 10.6 Å². The summed E-state index contributed by atoms with van der Waals surface area (Å²) >= 11 is 0. The smallest absolute Gasteiger partial charge is 0.243 e. The van der Waals surface area contributed by atoms with Crippen molar-refractivity contribution >= 4 is 15.7 Å². The molecule has 0 aromatic heterocycles. The standard InChI is InChI=1S/C15H21FN2O2S/c1-10-8-12(9-13(17)15(10)16)21(19,20)18-7-6-11-4-2-3-5-14(11)18/h8-9,11,14H,2-7,17H2,1H3. The van der Waals surface area contributed by atoms with Crippen LogP contribution in [0.1, 0.15) is 37.7 Å². The molecule has 1 saturated carbocycles. The van der Waals surface area contributed by atoms with Crippen molar-refractivity contribution in [1.29, 1.82) is 0 Å². The van der Waals surface area contributed by atoms with Crippen molar-refractivity contribution in [2.45, 2.75) is 50.0 Å². The van der Waals surface area contributed by atoms with Crippen LogP contribution in [0.2, 0.25) is 0 Å². The second-order valence-corrected chi connectivity index (χ2v) is 8.05. The minimum atomic E-state index is -3.58. The van der Waals surface area contributed by atoms with Crippen LogP contribution in [0.3, 0.4) is 0 Å². The first-order valence-electron chi connectivity index (χ1n) is 7.48. The average molecular weight is 312 g/mol. The molecule has 21 heavy (non-hydrogen) atoms. The molecule has 116 valence electrons. The molecule has 0 spiro atoms. The summed E-state index contributed by atoms with van der Waals surface area (Å²) < 4.78 is 40.9. The minimum absolute atomic E-state index is 0.104. The Kier molecular flexibility index (Phi) is 3.69. The Balaban J connectivity index is 1.97.